The summed E-state index contributed by atoms with van der Waals surface area (Å²) in [5.41, 5.74) is -1.11. The molecule has 4 aliphatic carbocycles. The summed E-state index contributed by atoms with van der Waals surface area (Å²) in [7, 11) is 0. The van der Waals surface area contributed by atoms with Crippen LogP contribution in [-0.2, 0) is 38.0 Å². The maximum atomic E-state index is 14.8. The van der Waals surface area contributed by atoms with Gasteiger partial charge in [0.15, 0.2) is 18.7 Å². The zero-order valence-electron chi connectivity index (χ0n) is 31.7. The molecular weight excluding hydrogens is 728 g/mol. The van der Waals surface area contributed by atoms with Crippen LogP contribution in [0.15, 0.2) is 0 Å². The summed E-state index contributed by atoms with van der Waals surface area (Å²) in [6, 6.07) is 0. The average molecular weight is 789 g/mol. The van der Waals surface area contributed by atoms with Gasteiger partial charge >= 0.3 is 5.97 Å². The summed E-state index contributed by atoms with van der Waals surface area (Å²) < 4.78 is 42.7. The van der Waals surface area contributed by atoms with Crippen LogP contribution < -0.4 is 0 Å². The number of hydrogen-bond acceptors (Lipinski definition) is 17. The van der Waals surface area contributed by atoms with Crippen molar-refractivity contribution in [1.29, 1.82) is 0 Å². The molecule has 9 fully saturated rings. The highest BCUT2D eigenvalue weighted by Gasteiger charge is 2.74. The molecule has 0 unspecified atom stereocenters. The predicted molar refractivity (Wildman–Crippen MR) is 183 cm³/mol. The molecule has 22 atom stereocenters. The van der Waals surface area contributed by atoms with Gasteiger partial charge in [0.05, 0.1) is 43.0 Å². The van der Waals surface area contributed by atoms with E-state index in [2.05, 4.69) is 13.8 Å². The third-order valence-corrected chi connectivity index (χ3v) is 15.5. The van der Waals surface area contributed by atoms with E-state index < -0.39 is 117 Å². The molecule has 17 nitrogen and oxygen atoms in total. The number of carbonyl (C=O) groups is 1. The third kappa shape index (κ3) is 6.34. The Kier molecular flexibility index (Phi) is 10.8. The molecule has 0 aromatic heterocycles. The van der Waals surface area contributed by atoms with Crippen LogP contribution in [0.25, 0.3) is 0 Å². The Balaban J connectivity index is 1.09. The number of ether oxygens (including phenoxy) is 7. The standard InChI is InChI=1S/C38H60O17/c1-35-6-4-7-36(2,22(35)5-8-38-11-16-9-18(31(35)38)55-37(16,3)15-38)34(48)54-33-30(53-32-28(47)27(46)25(44)20(13-40)50-32)29(26(45)21(14-41)51-33)52-23-10-17(42)24(43)19(12-39)49-23/h16-33,39-47H,4-15H2,1-3H3/t16-,17-,18+,19-,20-,21-,22+,23+,24+,25-,26-,27+,28-,29+,30-,31+,32+,33+,35-,36-,37+,38+/m1/s1. The Labute approximate surface area is 319 Å². The quantitative estimate of drug-likeness (QED) is 0.117. The lowest BCUT2D eigenvalue weighted by atomic mass is 9.40. The largest absolute Gasteiger partial charge is 0.432 e. The van der Waals surface area contributed by atoms with Gasteiger partial charge in [-0.2, -0.15) is 0 Å². The van der Waals surface area contributed by atoms with E-state index in [-0.39, 0.29) is 34.9 Å². The molecule has 9 rings (SSSR count). The van der Waals surface area contributed by atoms with Gasteiger partial charge in [0.2, 0.25) is 6.29 Å². The SMILES string of the molecule is C[C@@]12CCC[C@@](C)(C(=O)O[C@@H]3O[C@H](CO)[C@@H](O)[C@H](O[C@H]4C[C@@H](O)[C@H](O)[C@@H](CO)O4)[C@H]3O[C@@H]3O[C@H](CO)[C@@H](O)[C@H](O)[C@H]3O)[C@H]1CC[C@]13C[C@H]4C[C@H](O[C@@]4(C)C1)[C@H]32. The molecule has 314 valence electrons. The summed E-state index contributed by atoms with van der Waals surface area (Å²) in [4.78, 5) is 14.8. The fraction of sp³-hybridized carbons (Fsp3) is 0.974. The normalized spacial score (nSPS) is 57.2. The van der Waals surface area contributed by atoms with Crippen LogP contribution in [0, 0.1) is 34.0 Å². The summed E-state index contributed by atoms with van der Waals surface area (Å²) >= 11 is 0. The Bertz CT molecular complexity index is 1420. The molecule has 4 saturated carbocycles. The third-order valence-electron chi connectivity index (χ3n) is 15.5. The lowest BCUT2D eigenvalue weighted by Crippen LogP contribution is -2.67. The van der Waals surface area contributed by atoms with E-state index in [9.17, 15) is 50.8 Å². The number of carbonyl (C=O) groups excluding carboxylic acids is 1. The molecule has 0 radical (unpaired) electrons. The van der Waals surface area contributed by atoms with E-state index in [1.54, 1.807) is 0 Å². The average Bonchev–Trinajstić information content (AvgIpc) is 3.51. The van der Waals surface area contributed by atoms with E-state index in [0.717, 1.165) is 44.9 Å². The van der Waals surface area contributed by atoms with Gasteiger partial charge in [-0.15, -0.1) is 0 Å². The van der Waals surface area contributed by atoms with Crippen molar-refractivity contribution in [2.75, 3.05) is 19.8 Å². The van der Waals surface area contributed by atoms with Crippen LogP contribution in [0.1, 0.15) is 78.6 Å². The first-order valence-electron chi connectivity index (χ1n) is 20.1. The minimum Gasteiger partial charge on any atom is -0.432 e. The van der Waals surface area contributed by atoms with Gasteiger partial charge in [0.1, 0.15) is 54.9 Å². The molecule has 9 aliphatic rings. The molecule has 0 aromatic carbocycles. The number of esters is 1. The van der Waals surface area contributed by atoms with Crippen molar-refractivity contribution < 1.29 is 83.9 Å². The zero-order valence-corrected chi connectivity index (χ0v) is 31.7. The fourth-order valence-electron chi connectivity index (χ4n) is 13.0. The second-order valence-electron chi connectivity index (χ2n) is 18.6. The molecule has 5 aliphatic heterocycles. The number of rotatable bonds is 9. The van der Waals surface area contributed by atoms with Crippen LogP contribution in [-0.4, -0.2) is 169 Å². The highest BCUT2D eigenvalue weighted by Crippen LogP contribution is 2.77. The Morgan fingerprint density at radius 3 is 2.09 bits per heavy atom. The highest BCUT2D eigenvalue weighted by atomic mass is 16.8. The minimum absolute atomic E-state index is 0.0665. The summed E-state index contributed by atoms with van der Waals surface area (Å²) in [5.74, 6) is 0.198. The smallest absolute Gasteiger partial charge is 0.314 e. The second-order valence-corrected chi connectivity index (χ2v) is 18.6. The Morgan fingerprint density at radius 2 is 1.40 bits per heavy atom. The molecule has 5 saturated heterocycles. The van der Waals surface area contributed by atoms with Crippen molar-refractivity contribution in [1.82, 2.24) is 0 Å². The Hall–Kier alpha value is -1.13. The first-order chi connectivity index (χ1) is 26.0. The van der Waals surface area contributed by atoms with Gasteiger partial charge in [-0.3, -0.25) is 4.79 Å². The van der Waals surface area contributed by atoms with Gasteiger partial charge < -0.3 is 79.1 Å². The summed E-state index contributed by atoms with van der Waals surface area (Å²) in [5, 5.41) is 94.3. The zero-order chi connectivity index (χ0) is 39.4. The second kappa shape index (κ2) is 14.6. The molecule has 1 spiro atoms. The van der Waals surface area contributed by atoms with E-state index in [1.165, 1.54) is 0 Å². The number of aliphatic hydroxyl groups is 9. The molecular formula is C38H60O17. The van der Waals surface area contributed by atoms with Crippen molar-refractivity contribution in [2.45, 2.75) is 176 Å². The van der Waals surface area contributed by atoms with Gasteiger partial charge in [0.25, 0.3) is 0 Å². The van der Waals surface area contributed by atoms with Crippen LogP contribution in [0.4, 0.5) is 0 Å². The van der Waals surface area contributed by atoms with E-state index in [0.29, 0.717) is 18.3 Å². The van der Waals surface area contributed by atoms with Gasteiger partial charge in [-0.05, 0) is 87.4 Å². The van der Waals surface area contributed by atoms with Crippen molar-refractivity contribution in [3.63, 3.8) is 0 Å². The molecule has 17 heteroatoms. The van der Waals surface area contributed by atoms with Crippen molar-refractivity contribution in [2.24, 2.45) is 34.0 Å². The van der Waals surface area contributed by atoms with Crippen molar-refractivity contribution in [3.05, 3.63) is 0 Å². The number of aliphatic hydroxyl groups excluding tert-OH is 9. The van der Waals surface area contributed by atoms with E-state index in [4.69, 9.17) is 33.2 Å². The highest BCUT2D eigenvalue weighted by molar-refractivity contribution is 5.77. The van der Waals surface area contributed by atoms with Crippen molar-refractivity contribution >= 4 is 5.97 Å². The summed E-state index contributed by atoms with van der Waals surface area (Å²) in [6.45, 7) is 4.30. The maximum Gasteiger partial charge on any atom is 0.314 e. The molecule has 5 heterocycles. The maximum absolute atomic E-state index is 14.8. The molecule has 0 aromatic rings. The predicted octanol–water partition coefficient (Wildman–Crippen LogP) is -1.81. The van der Waals surface area contributed by atoms with Crippen LogP contribution in [0.3, 0.4) is 0 Å². The van der Waals surface area contributed by atoms with Crippen LogP contribution in [0.2, 0.25) is 0 Å². The topological polar surface area (TPSA) is 264 Å². The molecule has 55 heavy (non-hydrogen) atoms. The summed E-state index contributed by atoms with van der Waals surface area (Å²) in [6.07, 6.45) is -15.0. The molecule has 9 N–H and O–H groups in total. The minimum atomic E-state index is -1.89. The first-order valence-corrected chi connectivity index (χ1v) is 20.1. The van der Waals surface area contributed by atoms with Crippen LogP contribution >= 0.6 is 0 Å². The van der Waals surface area contributed by atoms with E-state index >= 15 is 0 Å². The van der Waals surface area contributed by atoms with Gasteiger partial charge in [0, 0.05) is 6.42 Å². The van der Waals surface area contributed by atoms with E-state index in [1.807, 2.05) is 6.92 Å². The Morgan fingerprint density at radius 1 is 0.727 bits per heavy atom. The number of hydrogen-bond donors (Lipinski definition) is 9. The number of fused-ring (bicyclic) bond motifs is 1. The lowest BCUT2D eigenvalue weighted by molar-refractivity contribution is -0.381. The first kappa shape index (κ1) is 40.6. The van der Waals surface area contributed by atoms with Gasteiger partial charge in [-0.25, -0.2) is 0 Å². The lowest BCUT2D eigenvalue weighted by Gasteiger charge is -2.65. The van der Waals surface area contributed by atoms with Gasteiger partial charge in [-0.1, -0.05) is 13.3 Å². The fourth-order valence-corrected chi connectivity index (χ4v) is 13.0. The molecule has 4 bridgehead atoms. The van der Waals surface area contributed by atoms with Crippen LogP contribution in [0.5, 0.6) is 0 Å². The molecule has 0 amide bonds. The van der Waals surface area contributed by atoms with Crippen molar-refractivity contribution in [3.8, 4) is 0 Å². The monoisotopic (exact) mass is 788 g/mol.